The van der Waals surface area contributed by atoms with Crippen LogP contribution in [0, 0.1) is 17.3 Å². The summed E-state index contributed by atoms with van der Waals surface area (Å²) in [6.07, 6.45) is 5.63. The molecule has 0 rings (SSSR count). The van der Waals surface area contributed by atoms with E-state index >= 15 is 0 Å². The minimum Gasteiger partial charge on any atom is -0.392 e. The van der Waals surface area contributed by atoms with Crippen molar-refractivity contribution >= 4 is 0 Å². The fourth-order valence-corrected chi connectivity index (χ4v) is 2.63. The monoisotopic (exact) mass is 228 g/mol. The molecule has 0 amide bonds. The Hall–Kier alpha value is -0.0400. The van der Waals surface area contributed by atoms with Gasteiger partial charge in [0.05, 0.1) is 6.10 Å². The first kappa shape index (κ1) is 16.0. The molecule has 0 aliphatic heterocycles. The van der Waals surface area contributed by atoms with E-state index in [0.29, 0.717) is 5.92 Å². The van der Waals surface area contributed by atoms with E-state index in [0.717, 1.165) is 18.8 Å². The number of aliphatic hydroxyl groups excluding tert-OH is 1. The van der Waals surface area contributed by atoms with E-state index < -0.39 is 0 Å². The Morgan fingerprint density at radius 3 is 1.75 bits per heavy atom. The van der Waals surface area contributed by atoms with Crippen LogP contribution < -0.4 is 0 Å². The summed E-state index contributed by atoms with van der Waals surface area (Å²) in [6, 6.07) is 0. The van der Waals surface area contributed by atoms with Gasteiger partial charge in [0, 0.05) is 0 Å². The third kappa shape index (κ3) is 4.08. The lowest BCUT2D eigenvalue weighted by Gasteiger charge is -2.37. The molecule has 0 aromatic rings. The Balaban J connectivity index is 4.41. The highest BCUT2D eigenvalue weighted by atomic mass is 16.3. The maximum atomic E-state index is 10.5. The first-order valence-corrected chi connectivity index (χ1v) is 7.13. The molecule has 0 aliphatic carbocycles. The molecule has 1 heteroatoms. The number of hydrogen-bond donors (Lipinski definition) is 1. The zero-order valence-corrected chi connectivity index (χ0v) is 12.2. The number of rotatable bonds is 8. The molecule has 0 heterocycles. The van der Waals surface area contributed by atoms with Crippen molar-refractivity contribution in [3.8, 4) is 0 Å². The van der Waals surface area contributed by atoms with E-state index in [2.05, 4.69) is 41.5 Å². The van der Waals surface area contributed by atoms with Gasteiger partial charge in [-0.25, -0.2) is 0 Å². The minimum atomic E-state index is -0.150. The molecule has 0 aliphatic rings. The van der Waals surface area contributed by atoms with Crippen molar-refractivity contribution in [1.82, 2.24) is 0 Å². The average molecular weight is 228 g/mol. The second-order valence-electron chi connectivity index (χ2n) is 5.70. The summed E-state index contributed by atoms with van der Waals surface area (Å²) in [4.78, 5) is 0. The largest absolute Gasteiger partial charge is 0.392 e. The zero-order valence-electron chi connectivity index (χ0n) is 12.2. The van der Waals surface area contributed by atoms with Crippen molar-refractivity contribution in [2.75, 3.05) is 0 Å². The summed E-state index contributed by atoms with van der Waals surface area (Å²) in [5, 5.41) is 10.5. The lowest BCUT2D eigenvalue weighted by Crippen LogP contribution is -2.37. The fraction of sp³-hybridized carbons (Fsp3) is 1.00. The molecule has 0 aromatic heterocycles. The molecule has 0 saturated heterocycles. The van der Waals surface area contributed by atoms with E-state index in [1.165, 1.54) is 19.3 Å². The molecule has 1 N–H and O–H groups in total. The summed E-state index contributed by atoms with van der Waals surface area (Å²) in [6.45, 7) is 13.3. The maximum absolute atomic E-state index is 10.5. The SMILES string of the molecule is CCC(CC)CC(C)C(O)C(C)(CC)CC. The van der Waals surface area contributed by atoms with Gasteiger partial charge in [-0.1, -0.05) is 54.4 Å². The Morgan fingerprint density at radius 1 is 1.00 bits per heavy atom. The predicted octanol–water partition coefficient (Wildman–Crippen LogP) is 4.64. The standard InChI is InChI=1S/C15H32O/c1-7-13(8-2)11-12(5)14(16)15(6,9-3)10-4/h12-14,16H,7-11H2,1-6H3. The lowest BCUT2D eigenvalue weighted by molar-refractivity contribution is -0.0163. The van der Waals surface area contributed by atoms with Crippen LogP contribution in [-0.2, 0) is 0 Å². The maximum Gasteiger partial charge on any atom is 0.0619 e. The van der Waals surface area contributed by atoms with Crippen LogP contribution in [0.3, 0.4) is 0 Å². The molecule has 16 heavy (non-hydrogen) atoms. The average Bonchev–Trinajstić information content (AvgIpc) is 2.33. The molecule has 2 unspecified atom stereocenters. The Kier molecular flexibility index (Phi) is 7.30. The van der Waals surface area contributed by atoms with Crippen LogP contribution in [0.4, 0.5) is 0 Å². The molecule has 0 saturated carbocycles. The van der Waals surface area contributed by atoms with Gasteiger partial charge in [-0.05, 0) is 36.5 Å². The van der Waals surface area contributed by atoms with Gasteiger partial charge >= 0.3 is 0 Å². The van der Waals surface area contributed by atoms with Gasteiger partial charge in [0.15, 0.2) is 0 Å². The van der Waals surface area contributed by atoms with Crippen LogP contribution >= 0.6 is 0 Å². The molecule has 2 atom stereocenters. The van der Waals surface area contributed by atoms with Crippen LogP contribution in [0.15, 0.2) is 0 Å². The highest BCUT2D eigenvalue weighted by molar-refractivity contribution is 4.84. The Bertz CT molecular complexity index is 168. The van der Waals surface area contributed by atoms with Crippen molar-refractivity contribution in [1.29, 1.82) is 0 Å². The molecule has 0 radical (unpaired) electrons. The van der Waals surface area contributed by atoms with Crippen LogP contribution in [0.5, 0.6) is 0 Å². The van der Waals surface area contributed by atoms with Crippen molar-refractivity contribution in [2.45, 2.75) is 79.8 Å². The molecule has 98 valence electrons. The summed E-state index contributed by atoms with van der Waals surface area (Å²) < 4.78 is 0. The highest BCUT2D eigenvalue weighted by Gasteiger charge is 2.33. The minimum absolute atomic E-state index is 0.103. The van der Waals surface area contributed by atoms with Gasteiger partial charge in [0.25, 0.3) is 0 Å². The molecular formula is C15H32O. The molecule has 0 bridgehead atoms. The second kappa shape index (κ2) is 7.32. The van der Waals surface area contributed by atoms with Crippen molar-refractivity contribution in [2.24, 2.45) is 17.3 Å². The fourth-order valence-electron chi connectivity index (χ4n) is 2.63. The first-order chi connectivity index (χ1) is 7.45. The van der Waals surface area contributed by atoms with E-state index in [4.69, 9.17) is 0 Å². The van der Waals surface area contributed by atoms with E-state index in [1.54, 1.807) is 0 Å². The Morgan fingerprint density at radius 2 is 1.44 bits per heavy atom. The molecule has 0 fully saturated rings. The summed E-state index contributed by atoms with van der Waals surface area (Å²) >= 11 is 0. The van der Waals surface area contributed by atoms with Gasteiger partial charge in [0.2, 0.25) is 0 Å². The summed E-state index contributed by atoms with van der Waals surface area (Å²) in [7, 11) is 0. The Labute approximate surface area is 103 Å². The summed E-state index contributed by atoms with van der Waals surface area (Å²) in [5.41, 5.74) is 0.103. The van der Waals surface area contributed by atoms with E-state index in [1.807, 2.05) is 0 Å². The topological polar surface area (TPSA) is 20.2 Å². The van der Waals surface area contributed by atoms with Crippen LogP contribution in [0.1, 0.15) is 73.6 Å². The van der Waals surface area contributed by atoms with Crippen molar-refractivity contribution in [3.63, 3.8) is 0 Å². The predicted molar refractivity (Wildman–Crippen MR) is 72.5 cm³/mol. The quantitative estimate of drug-likeness (QED) is 0.642. The van der Waals surface area contributed by atoms with E-state index in [-0.39, 0.29) is 11.5 Å². The lowest BCUT2D eigenvalue weighted by atomic mass is 9.72. The van der Waals surface area contributed by atoms with E-state index in [9.17, 15) is 5.11 Å². The third-order valence-corrected chi connectivity index (χ3v) is 4.73. The van der Waals surface area contributed by atoms with Gasteiger partial charge in [-0.15, -0.1) is 0 Å². The number of aliphatic hydroxyl groups is 1. The normalized spacial score (nSPS) is 16.5. The zero-order chi connectivity index (χ0) is 12.8. The second-order valence-corrected chi connectivity index (χ2v) is 5.70. The molecule has 0 aromatic carbocycles. The van der Waals surface area contributed by atoms with Gasteiger partial charge in [-0.2, -0.15) is 0 Å². The van der Waals surface area contributed by atoms with Gasteiger partial charge < -0.3 is 5.11 Å². The van der Waals surface area contributed by atoms with Gasteiger partial charge in [0.1, 0.15) is 0 Å². The summed E-state index contributed by atoms with van der Waals surface area (Å²) in [5.74, 6) is 1.21. The van der Waals surface area contributed by atoms with Crippen LogP contribution in [0.25, 0.3) is 0 Å². The van der Waals surface area contributed by atoms with Gasteiger partial charge in [-0.3, -0.25) is 0 Å². The first-order valence-electron chi connectivity index (χ1n) is 7.13. The van der Waals surface area contributed by atoms with Crippen LogP contribution in [0.2, 0.25) is 0 Å². The third-order valence-electron chi connectivity index (χ3n) is 4.73. The van der Waals surface area contributed by atoms with Crippen molar-refractivity contribution in [3.05, 3.63) is 0 Å². The number of hydrogen-bond acceptors (Lipinski definition) is 1. The molecular weight excluding hydrogens is 196 g/mol. The highest BCUT2D eigenvalue weighted by Crippen LogP contribution is 2.36. The van der Waals surface area contributed by atoms with Crippen LogP contribution in [-0.4, -0.2) is 11.2 Å². The molecule has 1 nitrogen and oxygen atoms in total. The molecule has 0 spiro atoms. The van der Waals surface area contributed by atoms with Crippen molar-refractivity contribution < 1.29 is 5.11 Å². The smallest absolute Gasteiger partial charge is 0.0619 e.